The average Bonchev–Trinajstić information content (AvgIpc) is 2.31. The van der Waals surface area contributed by atoms with Gasteiger partial charge >= 0.3 is 0 Å². The van der Waals surface area contributed by atoms with E-state index in [9.17, 15) is 0 Å². The van der Waals surface area contributed by atoms with Crippen molar-refractivity contribution in [1.29, 1.82) is 0 Å². The number of nitrogens with zero attached hydrogens (tertiary/aromatic N) is 2. The molecule has 0 aliphatic carbocycles. The van der Waals surface area contributed by atoms with Gasteiger partial charge in [-0.15, -0.1) is 0 Å². The summed E-state index contributed by atoms with van der Waals surface area (Å²) in [7, 11) is 0. The zero-order valence-electron chi connectivity index (χ0n) is 9.95. The van der Waals surface area contributed by atoms with Crippen LogP contribution in [0.5, 0.6) is 0 Å². The van der Waals surface area contributed by atoms with Crippen molar-refractivity contribution in [1.82, 2.24) is 0 Å². The van der Waals surface area contributed by atoms with Gasteiger partial charge in [-0.25, -0.2) is 0 Å². The normalized spacial score (nSPS) is 12.6. The van der Waals surface area contributed by atoms with E-state index in [4.69, 9.17) is 34.7 Å². The molecule has 1 aromatic rings. The molecule has 1 aromatic carbocycles. The maximum Gasteiger partial charge on any atom is 0.218 e. The van der Waals surface area contributed by atoms with Gasteiger partial charge in [0.2, 0.25) is 11.9 Å². The largest absolute Gasteiger partial charge is 0.369 e. The monoisotopic (exact) mass is 287 g/mol. The zero-order valence-corrected chi connectivity index (χ0v) is 11.5. The standard InChI is InChI=1S/C11H15Cl2N5/c1-2-5-16-10(14)18-11(15)17-7-3-4-8(12)9(13)6-7/h3-4,6H,2,5H2,1H3,(H5,14,15,16,17,18). The van der Waals surface area contributed by atoms with Crippen LogP contribution in [0, 0.1) is 0 Å². The second-order valence-electron chi connectivity index (χ2n) is 3.49. The lowest BCUT2D eigenvalue weighted by Crippen LogP contribution is -2.26. The number of nitrogens with one attached hydrogen (secondary N) is 1. The molecule has 18 heavy (non-hydrogen) atoms. The number of hydrogen-bond donors (Lipinski definition) is 3. The Kier molecular flexibility index (Phi) is 5.74. The summed E-state index contributed by atoms with van der Waals surface area (Å²) in [6, 6.07) is 5.04. The molecular weight excluding hydrogens is 273 g/mol. The summed E-state index contributed by atoms with van der Waals surface area (Å²) in [4.78, 5) is 7.89. The molecule has 0 aliphatic rings. The van der Waals surface area contributed by atoms with Gasteiger partial charge in [-0.3, -0.25) is 4.99 Å². The van der Waals surface area contributed by atoms with Crippen LogP contribution in [-0.4, -0.2) is 18.5 Å². The average molecular weight is 288 g/mol. The van der Waals surface area contributed by atoms with Crippen LogP contribution in [0.2, 0.25) is 10.0 Å². The van der Waals surface area contributed by atoms with Crippen molar-refractivity contribution in [2.75, 3.05) is 11.9 Å². The molecular formula is C11H15Cl2N5. The van der Waals surface area contributed by atoms with E-state index in [1.807, 2.05) is 6.92 Å². The van der Waals surface area contributed by atoms with Gasteiger partial charge in [0.1, 0.15) is 0 Å². The van der Waals surface area contributed by atoms with Crippen LogP contribution in [0.1, 0.15) is 13.3 Å². The molecule has 5 N–H and O–H groups in total. The van der Waals surface area contributed by atoms with Crippen LogP contribution in [0.4, 0.5) is 5.69 Å². The number of halogens is 2. The molecule has 0 aromatic heterocycles. The molecule has 0 saturated heterocycles. The van der Waals surface area contributed by atoms with Crippen molar-refractivity contribution in [3.05, 3.63) is 28.2 Å². The van der Waals surface area contributed by atoms with Gasteiger partial charge in [0, 0.05) is 12.2 Å². The minimum Gasteiger partial charge on any atom is -0.369 e. The molecule has 0 spiro atoms. The van der Waals surface area contributed by atoms with Gasteiger partial charge in [0.25, 0.3) is 0 Å². The van der Waals surface area contributed by atoms with E-state index >= 15 is 0 Å². The predicted molar refractivity (Wildman–Crippen MR) is 78.5 cm³/mol. The van der Waals surface area contributed by atoms with Gasteiger partial charge in [-0.05, 0) is 24.6 Å². The minimum atomic E-state index is 0.141. The molecule has 0 aliphatic heterocycles. The Labute approximate surface area is 116 Å². The Morgan fingerprint density at radius 2 is 2.00 bits per heavy atom. The van der Waals surface area contributed by atoms with Crippen LogP contribution in [-0.2, 0) is 0 Å². The maximum atomic E-state index is 5.87. The van der Waals surface area contributed by atoms with Crippen molar-refractivity contribution in [2.45, 2.75) is 13.3 Å². The first kappa shape index (κ1) is 14.6. The summed E-state index contributed by atoms with van der Waals surface area (Å²) in [5.74, 6) is 0.285. The molecule has 98 valence electrons. The summed E-state index contributed by atoms with van der Waals surface area (Å²) in [5, 5.41) is 3.75. The lowest BCUT2D eigenvalue weighted by molar-refractivity contribution is 0.927. The first-order valence-electron chi connectivity index (χ1n) is 5.39. The summed E-state index contributed by atoms with van der Waals surface area (Å²) in [6.07, 6.45) is 0.899. The SMILES string of the molecule is CCCN=C(N)/N=C(\N)Nc1ccc(Cl)c(Cl)c1. The zero-order chi connectivity index (χ0) is 13.5. The maximum absolute atomic E-state index is 5.87. The van der Waals surface area contributed by atoms with Crippen molar-refractivity contribution in [3.8, 4) is 0 Å². The van der Waals surface area contributed by atoms with Crippen molar-refractivity contribution < 1.29 is 0 Å². The molecule has 0 fully saturated rings. The van der Waals surface area contributed by atoms with Gasteiger partial charge < -0.3 is 16.8 Å². The smallest absolute Gasteiger partial charge is 0.218 e. The Hall–Kier alpha value is -1.46. The van der Waals surface area contributed by atoms with Gasteiger partial charge in [-0.2, -0.15) is 4.99 Å². The fourth-order valence-corrected chi connectivity index (χ4v) is 1.43. The van der Waals surface area contributed by atoms with E-state index in [-0.39, 0.29) is 11.9 Å². The summed E-state index contributed by atoms with van der Waals surface area (Å²) in [6.45, 7) is 2.62. The highest BCUT2D eigenvalue weighted by Crippen LogP contribution is 2.24. The third-order valence-corrected chi connectivity index (χ3v) is 2.66. The van der Waals surface area contributed by atoms with E-state index in [0.717, 1.165) is 6.42 Å². The quantitative estimate of drug-likeness (QED) is 0.589. The van der Waals surface area contributed by atoms with Gasteiger partial charge in [0.15, 0.2) is 0 Å². The topological polar surface area (TPSA) is 88.8 Å². The number of hydrogen-bond acceptors (Lipinski definition) is 1. The second-order valence-corrected chi connectivity index (χ2v) is 4.31. The van der Waals surface area contributed by atoms with Crippen LogP contribution < -0.4 is 16.8 Å². The molecule has 1 rings (SSSR count). The third-order valence-electron chi connectivity index (χ3n) is 1.92. The van der Waals surface area contributed by atoms with Crippen LogP contribution >= 0.6 is 23.2 Å². The summed E-state index contributed by atoms with van der Waals surface area (Å²) < 4.78 is 0. The molecule has 0 radical (unpaired) electrons. The van der Waals surface area contributed by atoms with Crippen molar-refractivity contribution >= 4 is 40.8 Å². The number of guanidine groups is 2. The number of rotatable bonds is 3. The van der Waals surface area contributed by atoms with Crippen molar-refractivity contribution in [2.24, 2.45) is 21.5 Å². The van der Waals surface area contributed by atoms with E-state index in [1.54, 1.807) is 18.2 Å². The molecule has 0 saturated carbocycles. The molecule has 5 nitrogen and oxygen atoms in total. The Morgan fingerprint density at radius 3 is 2.61 bits per heavy atom. The molecule has 0 amide bonds. The number of anilines is 1. The predicted octanol–water partition coefficient (Wildman–Crippen LogP) is 2.44. The van der Waals surface area contributed by atoms with Crippen LogP contribution in [0.15, 0.2) is 28.2 Å². The molecule has 0 heterocycles. The number of nitrogens with two attached hydrogens (primary N) is 2. The first-order valence-corrected chi connectivity index (χ1v) is 6.14. The van der Waals surface area contributed by atoms with Crippen LogP contribution in [0.3, 0.4) is 0 Å². The highest BCUT2D eigenvalue weighted by Gasteiger charge is 2.00. The fraction of sp³-hybridized carbons (Fsp3) is 0.273. The Balaban J connectivity index is 2.71. The van der Waals surface area contributed by atoms with Gasteiger partial charge in [0.05, 0.1) is 10.0 Å². The lowest BCUT2D eigenvalue weighted by Gasteiger charge is -2.06. The van der Waals surface area contributed by atoms with Gasteiger partial charge in [-0.1, -0.05) is 30.1 Å². The van der Waals surface area contributed by atoms with E-state index in [1.165, 1.54) is 0 Å². The molecule has 0 unspecified atom stereocenters. The molecule has 0 atom stereocenters. The molecule has 0 bridgehead atoms. The first-order chi connectivity index (χ1) is 8.52. The highest BCUT2D eigenvalue weighted by molar-refractivity contribution is 6.42. The summed E-state index contributed by atoms with van der Waals surface area (Å²) in [5.41, 5.74) is 11.9. The summed E-state index contributed by atoms with van der Waals surface area (Å²) >= 11 is 11.7. The second kappa shape index (κ2) is 7.08. The lowest BCUT2D eigenvalue weighted by atomic mass is 10.3. The van der Waals surface area contributed by atoms with E-state index < -0.39 is 0 Å². The fourth-order valence-electron chi connectivity index (χ4n) is 1.13. The Bertz CT molecular complexity index is 471. The third kappa shape index (κ3) is 4.81. The molecule has 7 heteroatoms. The minimum absolute atomic E-state index is 0.141. The van der Waals surface area contributed by atoms with E-state index in [2.05, 4.69) is 15.3 Å². The number of aliphatic imine (C=N–C) groups is 2. The number of benzene rings is 1. The Morgan fingerprint density at radius 1 is 1.28 bits per heavy atom. The van der Waals surface area contributed by atoms with E-state index in [0.29, 0.717) is 22.3 Å². The highest BCUT2D eigenvalue weighted by atomic mass is 35.5. The van der Waals surface area contributed by atoms with Crippen LogP contribution in [0.25, 0.3) is 0 Å². The van der Waals surface area contributed by atoms with Crippen molar-refractivity contribution in [3.63, 3.8) is 0 Å².